The zero-order chi connectivity index (χ0) is 16.5. The molecule has 4 aromatic rings. The van der Waals surface area contributed by atoms with Crippen LogP contribution < -0.4 is 0 Å². The van der Waals surface area contributed by atoms with Gasteiger partial charge in [0.1, 0.15) is 0 Å². The molecule has 120 valence electrons. The molecule has 0 saturated carbocycles. The molecule has 24 heavy (non-hydrogen) atoms. The Bertz CT molecular complexity index is 1020. The number of hydrogen-bond acceptors (Lipinski definition) is 2. The van der Waals surface area contributed by atoms with Gasteiger partial charge in [0.15, 0.2) is 6.29 Å². The summed E-state index contributed by atoms with van der Waals surface area (Å²) in [6.07, 6.45) is 3.29. The number of carbonyl (C=O) groups is 1. The minimum atomic E-state index is 0.774. The van der Waals surface area contributed by atoms with E-state index in [1.165, 1.54) is 40.2 Å². The van der Waals surface area contributed by atoms with Crippen molar-refractivity contribution in [3.63, 3.8) is 0 Å². The first kappa shape index (κ1) is 15.2. The molecule has 0 amide bonds. The van der Waals surface area contributed by atoms with E-state index in [1.54, 1.807) is 11.3 Å². The van der Waals surface area contributed by atoms with Crippen LogP contribution >= 0.6 is 11.3 Å². The van der Waals surface area contributed by atoms with E-state index in [4.69, 9.17) is 0 Å². The Morgan fingerprint density at radius 3 is 2.62 bits per heavy atom. The second-order valence-corrected chi connectivity index (χ2v) is 7.19. The highest BCUT2D eigenvalue weighted by atomic mass is 32.1. The molecule has 0 atom stereocenters. The van der Waals surface area contributed by atoms with Gasteiger partial charge in [0, 0.05) is 33.2 Å². The molecule has 3 heteroatoms. The van der Waals surface area contributed by atoms with Gasteiger partial charge in [-0.25, -0.2) is 0 Å². The number of carbonyl (C=O) groups excluding carboxylic acids is 1. The summed E-state index contributed by atoms with van der Waals surface area (Å²) in [6.45, 7) is 3.28. The Hall–Kier alpha value is -2.39. The summed E-state index contributed by atoms with van der Waals surface area (Å²) in [5, 5.41) is 2.60. The van der Waals surface area contributed by atoms with E-state index in [9.17, 15) is 4.79 Å². The number of para-hydroxylation sites is 1. The number of fused-ring (bicyclic) bond motifs is 3. The number of aldehydes is 1. The molecule has 0 aliphatic heterocycles. The van der Waals surface area contributed by atoms with Gasteiger partial charge in [-0.3, -0.25) is 4.79 Å². The molecule has 2 aromatic heterocycles. The molecule has 0 aliphatic carbocycles. The van der Waals surface area contributed by atoms with Crippen molar-refractivity contribution in [2.45, 2.75) is 26.3 Å². The zero-order valence-corrected chi connectivity index (χ0v) is 14.5. The summed E-state index contributed by atoms with van der Waals surface area (Å²) in [4.78, 5) is 12.9. The first-order valence-electron chi connectivity index (χ1n) is 8.38. The third-order valence-corrected chi connectivity index (χ3v) is 5.59. The van der Waals surface area contributed by atoms with Gasteiger partial charge < -0.3 is 4.57 Å². The summed E-state index contributed by atoms with van der Waals surface area (Å²) in [6, 6.07) is 19.2. The highest BCUT2D eigenvalue weighted by Crippen LogP contribution is 2.34. The molecule has 2 aromatic carbocycles. The van der Waals surface area contributed by atoms with Crippen LogP contribution in [0.25, 0.3) is 32.2 Å². The van der Waals surface area contributed by atoms with Crippen molar-refractivity contribution in [2.24, 2.45) is 0 Å². The van der Waals surface area contributed by atoms with Gasteiger partial charge >= 0.3 is 0 Å². The lowest BCUT2D eigenvalue weighted by Crippen LogP contribution is -1.96. The maximum absolute atomic E-state index is 10.9. The van der Waals surface area contributed by atoms with Crippen molar-refractivity contribution < 1.29 is 4.79 Å². The summed E-state index contributed by atoms with van der Waals surface area (Å²) in [7, 11) is 0. The summed E-state index contributed by atoms with van der Waals surface area (Å²) in [5.41, 5.74) is 3.78. The van der Waals surface area contributed by atoms with E-state index in [1.807, 2.05) is 12.1 Å². The lowest BCUT2D eigenvalue weighted by molar-refractivity contribution is 0.112. The molecule has 0 N–H and O–H groups in total. The fourth-order valence-corrected chi connectivity index (χ4v) is 4.15. The van der Waals surface area contributed by atoms with Gasteiger partial charge in [0.2, 0.25) is 0 Å². The SMILES string of the molecule is CCCCn1c2ccccc2c2cc(-c3ccc(C=O)s3)ccc21. The van der Waals surface area contributed by atoms with Gasteiger partial charge in [-0.15, -0.1) is 11.3 Å². The lowest BCUT2D eigenvalue weighted by atomic mass is 10.1. The number of unbranched alkanes of at least 4 members (excludes halogenated alkanes) is 1. The van der Waals surface area contributed by atoms with Crippen LogP contribution in [0.1, 0.15) is 29.4 Å². The number of aromatic nitrogens is 1. The van der Waals surface area contributed by atoms with Crippen LogP contribution in [0.3, 0.4) is 0 Å². The van der Waals surface area contributed by atoms with Gasteiger partial charge in [-0.05, 0) is 42.3 Å². The number of nitrogens with zero attached hydrogens (tertiary/aromatic N) is 1. The van der Waals surface area contributed by atoms with E-state index in [2.05, 4.69) is 54.0 Å². The number of rotatable bonds is 5. The third-order valence-electron chi connectivity index (χ3n) is 4.54. The molecule has 4 rings (SSSR count). The maximum atomic E-state index is 10.9. The first-order chi connectivity index (χ1) is 11.8. The molecule has 0 aliphatic rings. The van der Waals surface area contributed by atoms with Crippen LogP contribution in [0.2, 0.25) is 0 Å². The maximum Gasteiger partial charge on any atom is 0.160 e. The predicted molar refractivity (Wildman–Crippen MR) is 103 cm³/mol. The highest BCUT2D eigenvalue weighted by molar-refractivity contribution is 7.17. The van der Waals surface area contributed by atoms with Crippen molar-refractivity contribution in [2.75, 3.05) is 0 Å². The Morgan fingerprint density at radius 2 is 1.83 bits per heavy atom. The van der Waals surface area contributed by atoms with Crippen LogP contribution in [0.5, 0.6) is 0 Å². The van der Waals surface area contributed by atoms with Crippen molar-refractivity contribution >= 4 is 39.4 Å². The molecule has 0 unspecified atom stereocenters. The van der Waals surface area contributed by atoms with E-state index in [0.717, 1.165) is 22.6 Å². The van der Waals surface area contributed by atoms with Crippen LogP contribution in [-0.4, -0.2) is 10.9 Å². The Morgan fingerprint density at radius 1 is 1.00 bits per heavy atom. The van der Waals surface area contributed by atoms with E-state index >= 15 is 0 Å². The molecule has 0 fully saturated rings. The first-order valence-corrected chi connectivity index (χ1v) is 9.20. The quantitative estimate of drug-likeness (QED) is 0.402. The van der Waals surface area contributed by atoms with Crippen molar-refractivity contribution in [1.82, 2.24) is 4.57 Å². The molecule has 2 heterocycles. The van der Waals surface area contributed by atoms with E-state index < -0.39 is 0 Å². The number of hydrogen-bond donors (Lipinski definition) is 0. The average molecular weight is 333 g/mol. The molecule has 0 saturated heterocycles. The summed E-state index contributed by atoms with van der Waals surface area (Å²) in [5.74, 6) is 0. The number of thiophene rings is 1. The number of aryl methyl sites for hydroxylation is 1. The van der Waals surface area contributed by atoms with Crippen molar-refractivity contribution in [3.05, 3.63) is 59.5 Å². The fraction of sp³-hybridized carbons (Fsp3) is 0.190. The van der Waals surface area contributed by atoms with Crippen molar-refractivity contribution in [1.29, 1.82) is 0 Å². The third kappa shape index (κ3) is 2.45. The van der Waals surface area contributed by atoms with Gasteiger partial charge in [-0.1, -0.05) is 37.6 Å². The standard InChI is InChI=1S/C21H19NOS/c1-2-3-12-22-19-7-5-4-6-17(19)18-13-15(8-10-20(18)22)21-11-9-16(14-23)24-21/h4-11,13-14H,2-3,12H2,1H3. The Balaban J connectivity index is 1.93. The highest BCUT2D eigenvalue weighted by Gasteiger charge is 2.11. The van der Waals surface area contributed by atoms with Gasteiger partial charge in [-0.2, -0.15) is 0 Å². The second kappa shape index (κ2) is 6.25. The molecule has 0 radical (unpaired) electrons. The monoisotopic (exact) mass is 333 g/mol. The largest absolute Gasteiger partial charge is 0.340 e. The van der Waals surface area contributed by atoms with Crippen LogP contribution in [0, 0.1) is 0 Å². The molecule has 2 nitrogen and oxygen atoms in total. The predicted octanol–water partition coefficient (Wildman–Crippen LogP) is 6.14. The molecular weight excluding hydrogens is 314 g/mol. The smallest absolute Gasteiger partial charge is 0.160 e. The fourth-order valence-electron chi connectivity index (χ4n) is 3.34. The molecule has 0 spiro atoms. The van der Waals surface area contributed by atoms with Crippen LogP contribution in [0.4, 0.5) is 0 Å². The minimum absolute atomic E-state index is 0.774. The van der Waals surface area contributed by atoms with Crippen molar-refractivity contribution in [3.8, 4) is 10.4 Å². The Labute approximate surface area is 145 Å². The second-order valence-electron chi connectivity index (χ2n) is 6.07. The Kier molecular flexibility index (Phi) is 3.95. The van der Waals surface area contributed by atoms with E-state index in [0.29, 0.717) is 0 Å². The summed E-state index contributed by atoms with van der Waals surface area (Å²) < 4.78 is 2.43. The minimum Gasteiger partial charge on any atom is -0.340 e. The van der Waals surface area contributed by atoms with Gasteiger partial charge in [0.05, 0.1) is 4.88 Å². The van der Waals surface area contributed by atoms with E-state index in [-0.39, 0.29) is 0 Å². The van der Waals surface area contributed by atoms with Crippen LogP contribution in [0.15, 0.2) is 54.6 Å². The zero-order valence-electron chi connectivity index (χ0n) is 13.7. The molecular formula is C21H19NOS. The summed E-state index contributed by atoms with van der Waals surface area (Å²) >= 11 is 1.55. The van der Waals surface area contributed by atoms with Gasteiger partial charge in [0.25, 0.3) is 0 Å². The average Bonchev–Trinajstić information content (AvgIpc) is 3.22. The topological polar surface area (TPSA) is 22.0 Å². The number of benzene rings is 2. The lowest BCUT2D eigenvalue weighted by Gasteiger charge is -2.06. The normalized spacial score (nSPS) is 11.4. The van der Waals surface area contributed by atoms with Crippen LogP contribution in [-0.2, 0) is 6.54 Å². The molecule has 0 bridgehead atoms.